The molecule has 0 aromatic heterocycles. The molecule has 0 bridgehead atoms. The minimum absolute atomic E-state index is 0.0397. The quantitative estimate of drug-likeness (QED) is 0.793. The molecule has 104 valence electrons. The molecule has 1 fully saturated rings. The molecule has 1 aliphatic carbocycles. The van der Waals surface area contributed by atoms with Gasteiger partial charge >= 0.3 is 0 Å². The van der Waals surface area contributed by atoms with E-state index in [-0.39, 0.29) is 17.2 Å². The van der Waals surface area contributed by atoms with Crippen LogP contribution in [0.3, 0.4) is 0 Å². The average molecular weight is 280 g/mol. The van der Waals surface area contributed by atoms with Crippen molar-refractivity contribution in [3.63, 3.8) is 0 Å². The number of amides is 1. The molecule has 3 unspecified atom stereocenters. The fourth-order valence-electron chi connectivity index (χ4n) is 2.49. The summed E-state index contributed by atoms with van der Waals surface area (Å²) in [5.41, 5.74) is 1.27. The zero-order valence-electron chi connectivity index (χ0n) is 11.6. The molecule has 3 heteroatoms. The van der Waals surface area contributed by atoms with Gasteiger partial charge in [-0.1, -0.05) is 44.2 Å². The first-order chi connectivity index (χ1) is 9.08. The van der Waals surface area contributed by atoms with Gasteiger partial charge in [0.1, 0.15) is 0 Å². The van der Waals surface area contributed by atoms with Crippen LogP contribution in [0.4, 0.5) is 0 Å². The summed E-state index contributed by atoms with van der Waals surface area (Å²) in [5.74, 6) is 1.27. The fourth-order valence-corrected chi connectivity index (χ4v) is 2.92. The second-order valence-electron chi connectivity index (χ2n) is 5.83. The van der Waals surface area contributed by atoms with E-state index >= 15 is 0 Å². The van der Waals surface area contributed by atoms with E-state index in [9.17, 15) is 4.79 Å². The molecule has 2 rings (SSSR count). The van der Waals surface area contributed by atoms with Crippen molar-refractivity contribution in [3.05, 3.63) is 35.9 Å². The number of nitrogens with one attached hydrogen (secondary N) is 1. The molecule has 0 heterocycles. The zero-order valence-corrected chi connectivity index (χ0v) is 12.4. The molecular weight excluding hydrogens is 258 g/mol. The van der Waals surface area contributed by atoms with Crippen molar-refractivity contribution in [2.45, 2.75) is 38.0 Å². The zero-order chi connectivity index (χ0) is 13.8. The highest BCUT2D eigenvalue weighted by molar-refractivity contribution is 6.20. The highest BCUT2D eigenvalue weighted by Crippen LogP contribution is 2.47. The van der Waals surface area contributed by atoms with E-state index in [0.29, 0.717) is 18.4 Å². The lowest BCUT2D eigenvalue weighted by Gasteiger charge is -2.12. The molecule has 1 aromatic carbocycles. The number of hydrogen-bond acceptors (Lipinski definition) is 1. The molecule has 0 spiro atoms. The third-order valence-corrected chi connectivity index (χ3v) is 3.91. The predicted molar refractivity (Wildman–Crippen MR) is 79.4 cm³/mol. The minimum atomic E-state index is 0.0397. The summed E-state index contributed by atoms with van der Waals surface area (Å²) in [6, 6.07) is 10.3. The molecule has 3 atom stereocenters. The first-order valence-electron chi connectivity index (χ1n) is 7.04. The van der Waals surface area contributed by atoms with Crippen LogP contribution in [0.25, 0.3) is 0 Å². The molecule has 19 heavy (non-hydrogen) atoms. The summed E-state index contributed by atoms with van der Waals surface area (Å²) in [5, 5.41) is 3.02. The van der Waals surface area contributed by atoms with Crippen LogP contribution in [0, 0.1) is 11.8 Å². The Morgan fingerprint density at radius 2 is 2.05 bits per heavy atom. The van der Waals surface area contributed by atoms with Crippen LogP contribution in [0.15, 0.2) is 30.3 Å². The Kier molecular flexibility index (Phi) is 4.87. The topological polar surface area (TPSA) is 29.1 Å². The Labute approximate surface area is 120 Å². The summed E-state index contributed by atoms with van der Waals surface area (Å²) in [6.07, 6.45) is 1.90. The highest BCUT2D eigenvalue weighted by Gasteiger charge is 2.43. The van der Waals surface area contributed by atoms with Gasteiger partial charge in [-0.15, -0.1) is 11.6 Å². The number of rotatable bonds is 6. The van der Waals surface area contributed by atoms with Crippen LogP contribution in [0.2, 0.25) is 0 Å². The smallest absolute Gasteiger partial charge is 0.223 e. The Morgan fingerprint density at radius 1 is 1.37 bits per heavy atom. The van der Waals surface area contributed by atoms with Gasteiger partial charge < -0.3 is 5.32 Å². The van der Waals surface area contributed by atoms with E-state index in [4.69, 9.17) is 11.6 Å². The normalized spacial score (nSPS) is 23.2. The van der Waals surface area contributed by atoms with Gasteiger partial charge in [-0.05, 0) is 30.2 Å². The minimum Gasteiger partial charge on any atom is -0.354 e. The summed E-state index contributed by atoms with van der Waals surface area (Å²) < 4.78 is 0. The van der Waals surface area contributed by atoms with Gasteiger partial charge in [-0.3, -0.25) is 4.79 Å². The molecule has 1 saturated carbocycles. The number of benzene rings is 1. The van der Waals surface area contributed by atoms with Crippen molar-refractivity contribution in [3.8, 4) is 0 Å². The van der Waals surface area contributed by atoms with E-state index in [0.717, 1.165) is 12.8 Å². The van der Waals surface area contributed by atoms with Gasteiger partial charge in [-0.2, -0.15) is 0 Å². The number of alkyl halides is 1. The van der Waals surface area contributed by atoms with Gasteiger partial charge in [0.2, 0.25) is 5.91 Å². The van der Waals surface area contributed by atoms with Crippen LogP contribution in [-0.4, -0.2) is 17.8 Å². The van der Waals surface area contributed by atoms with Crippen LogP contribution in [0.5, 0.6) is 0 Å². The second kappa shape index (κ2) is 6.42. The number of carbonyl (C=O) groups excluding carboxylic acids is 1. The van der Waals surface area contributed by atoms with Gasteiger partial charge in [0.25, 0.3) is 0 Å². The van der Waals surface area contributed by atoms with Crippen molar-refractivity contribution in [1.29, 1.82) is 0 Å². The van der Waals surface area contributed by atoms with Crippen molar-refractivity contribution in [2.75, 3.05) is 6.54 Å². The van der Waals surface area contributed by atoms with Crippen molar-refractivity contribution >= 4 is 17.5 Å². The third kappa shape index (κ3) is 4.24. The monoisotopic (exact) mass is 279 g/mol. The maximum absolute atomic E-state index is 12.0. The van der Waals surface area contributed by atoms with Crippen molar-refractivity contribution in [1.82, 2.24) is 5.32 Å². The van der Waals surface area contributed by atoms with E-state index in [1.807, 2.05) is 18.2 Å². The molecular formula is C16H22ClNO. The van der Waals surface area contributed by atoms with Crippen LogP contribution in [-0.2, 0) is 4.79 Å². The van der Waals surface area contributed by atoms with Crippen molar-refractivity contribution < 1.29 is 4.79 Å². The van der Waals surface area contributed by atoms with Gasteiger partial charge in [-0.25, -0.2) is 0 Å². The summed E-state index contributed by atoms with van der Waals surface area (Å²) in [7, 11) is 0. The van der Waals surface area contributed by atoms with Gasteiger partial charge in [0, 0.05) is 12.5 Å². The molecule has 2 nitrogen and oxygen atoms in total. The first kappa shape index (κ1) is 14.4. The Balaban J connectivity index is 1.74. The summed E-state index contributed by atoms with van der Waals surface area (Å²) in [4.78, 5) is 12.0. The van der Waals surface area contributed by atoms with Gasteiger partial charge in [0.15, 0.2) is 0 Å². The number of hydrogen-bond donors (Lipinski definition) is 1. The molecule has 1 aromatic rings. The fraction of sp³-hybridized carbons (Fsp3) is 0.562. The molecule has 0 radical (unpaired) electrons. The molecule has 1 N–H and O–H groups in total. The molecule has 1 aliphatic rings. The third-order valence-electron chi connectivity index (χ3n) is 3.58. The number of carbonyl (C=O) groups is 1. The molecule has 1 amide bonds. The standard InChI is InChI=1S/C16H22ClNO/c1-11(2)8-13(17)10-18-16(19)15-9-14(15)12-6-4-3-5-7-12/h3-7,11,13-15H,8-10H2,1-2H3,(H,18,19). The molecule has 0 aliphatic heterocycles. The Hall–Kier alpha value is -1.02. The second-order valence-corrected chi connectivity index (χ2v) is 6.45. The predicted octanol–water partition coefficient (Wildman–Crippen LogP) is 3.56. The maximum Gasteiger partial charge on any atom is 0.223 e. The lowest BCUT2D eigenvalue weighted by atomic mass is 10.1. The van der Waals surface area contributed by atoms with Crippen molar-refractivity contribution in [2.24, 2.45) is 11.8 Å². The van der Waals surface area contributed by atoms with E-state index < -0.39 is 0 Å². The number of halogens is 1. The lowest BCUT2D eigenvalue weighted by Crippen LogP contribution is -2.31. The van der Waals surface area contributed by atoms with Gasteiger partial charge in [0.05, 0.1) is 5.38 Å². The highest BCUT2D eigenvalue weighted by atomic mass is 35.5. The van der Waals surface area contributed by atoms with Crippen LogP contribution < -0.4 is 5.32 Å². The Morgan fingerprint density at radius 3 is 2.68 bits per heavy atom. The van der Waals surface area contributed by atoms with E-state index in [1.54, 1.807) is 0 Å². The maximum atomic E-state index is 12.0. The van der Waals surface area contributed by atoms with Crippen LogP contribution >= 0.6 is 11.6 Å². The summed E-state index contributed by atoms with van der Waals surface area (Å²) in [6.45, 7) is 4.86. The van der Waals surface area contributed by atoms with E-state index in [2.05, 4.69) is 31.3 Å². The first-order valence-corrected chi connectivity index (χ1v) is 7.48. The summed E-state index contributed by atoms with van der Waals surface area (Å²) >= 11 is 6.18. The largest absolute Gasteiger partial charge is 0.354 e. The SMILES string of the molecule is CC(C)CC(Cl)CNC(=O)C1CC1c1ccccc1. The molecule has 0 saturated heterocycles. The van der Waals surface area contributed by atoms with E-state index in [1.165, 1.54) is 5.56 Å². The Bertz CT molecular complexity index is 418. The lowest BCUT2D eigenvalue weighted by molar-refractivity contribution is -0.122. The van der Waals surface area contributed by atoms with Crippen LogP contribution in [0.1, 0.15) is 38.2 Å². The average Bonchev–Trinajstić information content (AvgIpc) is 3.16.